The van der Waals surface area contributed by atoms with E-state index in [1.54, 1.807) is 0 Å². The van der Waals surface area contributed by atoms with E-state index in [2.05, 4.69) is 38.9 Å². The largest absolute Gasteiger partial charge is 0.343 e. The summed E-state index contributed by atoms with van der Waals surface area (Å²) in [5, 5.41) is 3.89. The third-order valence-corrected chi connectivity index (χ3v) is 5.40. The molecular formula is C19H21N5OS. The molecule has 134 valence electrons. The summed E-state index contributed by atoms with van der Waals surface area (Å²) in [5.41, 5.74) is 0.822. The van der Waals surface area contributed by atoms with Gasteiger partial charge in [0.1, 0.15) is 0 Å². The van der Waals surface area contributed by atoms with Crippen LogP contribution in [-0.4, -0.2) is 46.5 Å². The molecule has 1 aliphatic heterocycles. The number of carbonyl (C=O) groups is 1. The molecule has 1 N–H and O–H groups in total. The first-order valence-electron chi connectivity index (χ1n) is 8.82. The van der Waals surface area contributed by atoms with Crippen LogP contribution in [0.4, 0.5) is 15.6 Å². The highest BCUT2D eigenvalue weighted by molar-refractivity contribution is 7.09. The number of hydrogen-bond donors (Lipinski definition) is 1. The van der Waals surface area contributed by atoms with Gasteiger partial charge in [-0.2, -0.15) is 4.37 Å². The normalized spacial score (nSPS) is 19.6. The van der Waals surface area contributed by atoms with E-state index in [9.17, 15) is 4.79 Å². The van der Waals surface area contributed by atoms with Crippen LogP contribution in [0.3, 0.4) is 0 Å². The molecule has 0 radical (unpaired) electrons. The van der Waals surface area contributed by atoms with Crippen LogP contribution in [0.1, 0.15) is 18.2 Å². The minimum absolute atomic E-state index is 0.0482. The number of anilines is 2. The molecule has 6 nitrogen and oxygen atoms in total. The highest BCUT2D eigenvalue weighted by Crippen LogP contribution is 2.27. The Hall–Kier alpha value is -2.67. The Labute approximate surface area is 157 Å². The van der Waals surface area contributed by atoms with Crippen molar-refractivity contribution < 1.29 is 4.79 Å². The molecule has 0 spiro atoms. The van der Waals surface area contributed by atoms with Gasteiger partial charge in [0, 0.05) is 49.3 Å². The molecule has 0 bridgehead atoms. The average molecular weight is 367 g/mol. The van der Waals surface area contributed by atoms with Gasteiger partial charge in [-0.15, -0.1) is 0 Å². The van der Waals surface area contributed by atoms with Crippen LogP contribution >= 0.6 is 11.5 Å². The number of urea groups is 1. The molecule has 1 aromatic carbocycles. The molecular weight excluding hydrogens is 346 g/mol. The summed E-state index contributed by atoms with van der Waals surface area (Å²) >= 11 is 1.45. The van der Waals surface area contributed by atoms with Gasteiger partial charge in [-0.1, -0.05) is 42.5 Å². The quantitative estimate of drug-likeness (QED) is 0.902. The van der Waals surface area contributed by atoms with Crippen LogP contribution < -0.4 is 10.2 Å². The van der Waals surface area contributed by atoms with E-state index in [0.717, 1.165) is 36.2 Å². The number of nitrogens with zero attached hydrogens (tertiary/aromatic N) is 4. The zero-order chi connectivity index (χ0) is 17.8. The lowest BCUT2D eigenvalue weighted by molar-refractivity contribution is 0.208. The molecule has 0 saturated carbocycles. The maximum atomic E-state index is 12.4. The molecule has 1 atom stereocenters. The van der Waals surface area contributed by atoms with Crippen molar-refractivity contribution in [2.45, 2.75) is 12.3 Å². The van der Waals surface area contributed by atoms with Crippen LogP contribution in [0.5, 0.6) is 0 Å². The number of carbonyl (C=O) groups excluding carboxylic acids is 1. The van der Waals surface area contributed by atoms with Gasteiger partial charge >= 0.3 is 6.03 Å². The SMILES string of the molecule is O=C(Nc1ccccc1)N1CCN(c2nc(C3C=CC=CC3)ns2)CC1. The molecule has 7 heteroatoms. The number of rotatable bonds is 3. The maximum absolute atomic E-state index is 12.4. The van der Waals surface area contributed by atoms with Crippen LogP contribution in [0.25, 0.3) is 0 Å². The maximum Gasteiger partial charge on any atom is 0.321 e. The predicted molar refractivity (Wildman–Crippen MR) is 105 cm³/mol. The second-order valence-electron chi connectivity index (χ2n) is 6.36. The molecule has 2 aromatic rings. The number of piperazine rings is 1. The summed E-state index contributed by atoms with van der Waals surface area (Å²) in [6.07, 6.45) is 9.37. The first kappa shape index (κ1) is 16.8. The lowest BCUT2D eigenvalue weighted by Crippen LogP contribution is -2.50. The average Bonchev–Trinajstić information content (AvgIpc) is 3.20. The van der Waals surface area contributed by atoms with Gasteiger partial charge in [-0.3, -0.25) is 0 Å². The van der Waals surface area contributed by atoms with E-state index in [1.807, 2.05) is 35.2 Å². The van der Waals surface area contributed by atoms with Gasteiger partial charge in [0.2, 0.25) is 5.13 Å². The topological polar surface area (TPSA) is 61.4 Å². The minimum atomic E-state index is -0.0482. The smallest absolute Gasteiger partial charge is 0.321 e. The van der Waals surface area contributed by atoms with Crippen LogP contribution in [0, 0.1) is 0 Å². The molecule has 1 saturated heterocycles. The monoisotopic (exact) mass is 367 g/mol. The third-order valence-electron chi connectivity index (χ3n) is 4.61. The van der Waals surface area contributed by atoms with Crippen molar-refractivity contribution in [3.05, 3.63) is 60.5 Å². The number of nitrogens with one attached hydrogen (secondary N) is 1. The van der Waals surface area contributed by atoms with Crippen molar-refractivity contribution in [3.8, 4) is 0 Å². The van der Waals surface area contributed by atoms with E-state index < -0.39 is 0 Å². The van der Waals surface area contributed by atoms with Gasteiger partial charge < -0.3 is 15.1 Å². The molecule has 26 heavy (non-hydrogen) atoms. The highest BCUT2D eigenvalue weighted by atomic mass is 32.1. The van der Waals surface area contributed by atoms with Crippen LogP contribution in [0.2, 0.25) is 0 Å². The lowest BCUT2D eigenvalue weighted by Gasteiger charge is -2.34. The van der Waals surface area contributed by atoms with Crippen molar-refractivity contribution in [1.82, 2.24) is 14.3 Å². The molecule has 1 aliphatic carbocycles. The lowest BCUT2D eigenvalue weighted by atomic mass is 10.0. The molecule has 2 aliphatic rings. The summed E-state index contributed by atoms with van der Waals surface area (Å²) in [6.45, 7) is 2.91. The summed E-state index contributed by atoms with van der Waals surface area (Å²) in [4.78, 5) is 21.2. The summed E-state index contributed by atoms with van der Waals surface area (Å²) in [6, 6.07) is 9.50. The van der Waals surface area contributed by atoms with E-state index in [1.165, 1.54) is 11.5 Å². The zero-order valence-electron chi connectivity index (χ0n) is 14.4. The fourth-order valence-electron chi connectivity index (χ4n) is 3.10. The van der Waals surface area contributed by atoms with E-state index in [4.69, 9.17) is 4.98 Å². The summed E-state index contributed by atoms with van der Waals surface area (Å²) in [5.74, 6) is 1.18. The Bertz CT molecular complexity index is 808. The van der Waals surface area contributed by atoms with Gasteiger partial charge in [0.05, 0.1) is 0 Å². The Morgan fingerprint density at radius 3 is 2.65 bits per heavy atom. The predicted octanol–water partition coefficient (Wildman–Crippen LogP) is 3.49. The van der Waals surface area contributed by atoms with Crippen molar-refractivity contribution in [2.75, 3.05) is 36.4 Å². The first-order chi connectivity index (χ1) is 12.8. The van der Waals surface area contributed by atoms with Crippen LogP contribution in [-0.2, 0) is 0 Å². The van der Waals surface area contributed by atoms with E-state index in [-0.39, 0.29) is 11.9 Å². The number of allylic oxidation sites excluding steroid dienone is 4. The van der Waals surface area contributed by atoms with Crippen molar-refractivity contribution >= 4 is 28.4 Å². The molecule has 2 heterocycles. The van der Waals surface area contributed by atoms with Crippen molar-refractivity contribution in [2.24, 2.45) is 0 Å². The number of para-hydroxylation sites is 1. The molecule has 4 rings (SSSR count). The summed E-state index contributed by atoms with van der Waals surface area (Å²) < 4.78 is 4.54. The molecule has 2 amide bonds. The fourth-order valence-corrected chi connectivity index (χ4v) is 3.89. The minimum Gasteiger partial charge on any atom is -0.343 e. The van der Waals surface area contributed by atoms with E-state index in [0.29, 0.717) is 13.1 Å². The highest BCUT2D eigenvalue weighted by Gasteiger charge is 2.24. The zero-order valence-corrected chi connectivity index (χ0v) is 15.2. The van der Waals surface area contributed by atoms with E-state index >= 15 is 0 Å². The fraction of sp³-hybridized carbons (Fsp3) is 0.316. The molecule has 1 aromatic heterocycles. The number of aromatic nitrogens is 2. The molecule has 1 unspecified atom stereocenters. The Balaban J connectivity index is 1.32. The van der Waals surface area contributed by atoms with Crippen molar-refractivity contribution in [1.29, 1.82) is 0 Å². The van der Waals surface area contributed by atoms with Crippen molar-refractivity contribution in [3.63, 3.8) is 0 Å². The second-order valence-corrected chi connectivity index (χ2v) is 7.09. The van der Waals surface area contributed by atoms with Crippen LogP contribution in [0.15, 0.2) is 54.6 Å². The Morgan fingerprint density at radius 1 is 1.12 bits per heavy atom. The Morgan fingerprint density at radius 2 is 1.92 bits per heavy atom. The van der Waals surface area contributed by atoms with Gasteiger partial charge in [-0.05, 0) is 18.6 Å². The Kier molecular flexibility index (Phi) is 4.97. The van der Waals surface area contributed by atoms with Gasteiger partial charge in [0.25, 0.3) is 0 Å². The first-order valence-corrected chi connectivity index (χ1v) is 9.60. The number of amides is 2. The standard InChI is InChI=1S/C19H21N5OS/c25-18(20-16-9-5-2-6-10-16)23-11-13-24(14-12-23)19-21-17(22-26-19)15-7-3-1-4-8-15/h1-7,9-10,15H,8,11-14H2,(H,20,25). The molecule has 1 fully saturated rings. The summed E-state index contributed by atoms with van der Waals surface area (Å²) in [7, 11) is 0. The second kappa shape index (κ2) is 7.70. The number of hydrogen-bond acceptors (Lipinski definition) is 5. The van der Waals surface area contributed by atoms with Gasteiger partial charge in [-0.25, -0.2) is 9.78 Å². The third kappa shape index (κ3) is 3.77. The van der Waals surface area contributed by atoms with Gasteiger partial charge in [0.15, 0.2) is 5.82 Å². The number of benzene rings is 1.